The van der Waals surface area contributed by atoms with Crippen LogP contribution in [0.15, 0.2) is 0 Å². The molecule has 9 heavy (non-hydrogen) atoms. The van der Waals surface area contributed by atoms with Crippen molar-refractivity contribution in [2.24, 2.45) is 0 Å². The zero-order valence-corrected chi connectivity index (χ0v) is 8.00. The molecule has 0 unspecified atom stereocenters. The minimum atomic E-state index is 0. The van der Waals surface area contributed by atoms with E-state index in [0.717, 1.165) is 0 Å². The van der Waals surface area contributed by atoms with Crippen LogP contribution in [0.4, 0.5) is 0 Å². The van der Waals surface area contributed by atoms with Crippen molar-refractivity contribution < 1.29 is 1.43 Å². The van der Waals surface area contributed by atoms with E-state index in [-0.39, 0.29) is 8.85 Å². The Morgan fingerprint density at radius 3 is 0.444 bits per heavy atom. The summed E-state index contributed by atoms with van der Waals surface area (Å²) in [6, 6.07) is 0. The van der Waals surface area contributed by atoms with Crippen LogP contribution in [0.25, 0.3) is 0 Å². The molecule has 0 heterocycles. The fourth-order valence-corrected chi connectivity index (χ4v) is 0. The molecule has 0 saturated heterocycles. The van der Waals surface area contributed by atoms with Gasteiger partial charge in [-0.2, -0.15) is 0 Å². The molecule has 0 amide bonds. The molecule has 0 aromatic rings. The molecule has 0 radical (unpaired) electrons. The normalized spacial score (nSPS) is 2.67. The van der Waals surface area contributed by atoms with E-state index < -0.39 is 0 Å². The van der Waals surface area contributed by atoms with Gasteiger partial charge < -0.3 is 0 Å². The Balaban J connectivity index is -0.00000000500. The van der Waals surface area contributed by atoms with Crippen molar-refractivity contribution in [1.82, 2.24) is 0 Å². The van der Waals surface area contributed by atoms with Crippen molar-refractivity contribution in [3.8, 4) is 0 Å². The molecular weight excluding hydrogens is 108 g/mol. The van der Waals surface area contributed by atoms with E-state index in [1.165, 1.54) is 0 Å². The van der Waals surface area contributed by atoms with Crippen LogP contribution >= 0.6 is 0 Å². The average Bonchev–Trinajstić information content (AvgIpc) is 2.03. The molecule has 0 saturated carbocycles. The predicted octanol–water partition coefficient (Wildman–Crippen LogP) is 4.99. The van der Waals surface area contributed by atoms with Crippen LogP contribution in [0.1, 0.15) is 64.2 Å². The van der Waals surface area contributed by atoms with E-state index in [1.807, 2.05) is 55.4 Å². The number of hydrogen-bond donors (Lipinski definition) is 0. The summed E-state index contributed by atoms with van der Waals surface area (Å²) in [7, 11) is 0. The topological polar surface area (TPSA) is 0 Å². The third-order valence-electron chi connectivity index (χ3n) is 0. The lowest BCUT2D eigenvalue weighted by molar-refractivity contribution is 1.50. The second-order valence-electron chi connectivity index (χ2n) is 0. The Labute approximate surface area is 65.2 Å². The van der Waals surface area contributed by atoms with Gasteiger partial charge in [0.05, 0.1) is 0 Å². The van der Waals surface area contributed by atoms with Crippen LogP contribution in [0.2, 0.25) is 0 Å². The van der Waals surface area contributed by atoms with Gasteiger partial charge in [0.1, 0.15) is 0 Å². The first-order chi connectivity index (χ1) is 4.00. The fourth-order valence-electron chi connectivity index (χ4n) is 0. The molecule has 0 rings (SSSR count). The summed E-state index contributed by atoms with van der Waals surface area (Å²) in [6.07, 6.45) is 0. The molecule has 66 valence electrons. The second kappa shape index (κ2) is 0. The zero-order valence-electron chi connectivity index (χ0n) is 8.00. The van der Waals surface area contributed by atoms with Crippen LogP contribution in [-0.2, 0) is 0 Å². The van der Waals surface area contributed by atoms with Gasteiger partial charge in [0.25, 0.3) is 0 Å². The summed E-state index contributed by atoms with van der Waals surface area (Å²) in [4.78, 5) is 0. The van der Waals surface area contributed by atoms with Crippen molar-refractivity contribution in [2.75, 3.05) is 0 Å². The van der Waals surface area contributed by atoms with Gasteiger partial charge in [-0.05, 0) is 0 Å². The zero-order chi connectivity index (χ0) is 8.00. The minimum Gasteiger partial charge on any atom is -0.0776 e. The second-order valence-corrected chi connectivity index (χ2v) is 0. The molecule has 0 atom stereocenters. The van der Waals surface area contributed by atoms with Crippen LogP contribution < -0.4 is 0 Å². The first-order valence-corrected chi connectivity index (χ1v) is 4.00. The lowest BCUT2D eigenvalue weighted by Gasteiger charge is -1.07. The van der Waals surface area contributed by atoms with Gasteiger partial charge in [0.2, 0.25) is 0 Å². The highest BCUT2D eigenvalue weighted by Crippen LogP contribution is 1.15. The fraction of sp³-hybridized carbons (Fsp3) is 1.00. The molecule has 0 N–H and O–H groups in total. The largest absolute Gasteiger partial charge is 0.0776 e. The Morgan fingerprint density at radius 2 is 0.444 bits per heavy atom. The molecule has 0 bridgehead atoms. The molecule has 0 aliphatic rings. The smallest absolute Gasteiger partial charge is 0 e. The van der Waals surface area contributed by atoms with Gasteiger partial charge in [-0.25, -0.2) is 0 Å². The first kappa shape index (κ1) is 36.0. The molecule has 0 fully saturated rings. The quantitative estimate of drug-likeness (QED) is 0.443. The average molecular weight is 139 g/mol. The summed E-state index contributed by atoms with van der Waals surface area (Å²) in [5.74, 6) is 0. The van der Waals surface area contributed by atoms with Crippen LogP contribution in [0.5, 0.6) is 0 Å². The number of rotatable bonds is 0. The molecule has 0 aliphatic carbocycles. The molecule has 0 aliphatic heterocycles. The highest BCUT2D eigenvalue weighted by atomic mass is 13.0. The maximum atomic E-state index is 2.00. The van der Waals surface area contributed by atoms with Gasteiger partial charge in [0, 0.05) is 1.43 Å². The van der Waals surface area contributed by atoms with E-state index in [9.17, 15) is 0 Å². The molecule has 0 aromatic heterocycles. The molecule has 0 spiro atoms. The van der Waals surface area contributed by atoms with E-state index in [2.05, 4.69) is 0 Å². The summed E-state index contributed by atoms with van der Waals surface area (Å²) in [5, 5.41) is 0. The third kappa shape index (κ3) is 0. The van der Waals surface area contributed by atoms with E-state index in [1.54, 1.807) is 0 Å². The van der Waals surface area contributed by atoms with Gasteiger partial charge >= 0.3 is 0 Å². The van der Waals surface area contributed by atoms with Gasteiger partial charge in [-0.1, -0.05) is 62.8 Å². The standard InChI is InChI=1S/4C2H6.CH4.H2/c4*1-2;;/h4*1-2H3;1H4;1H/i;;;;;1+1. The summed E-state index contributed by atoms with van der Waals surface area (Å²) in [6.45, 7) is 16.0. The molecule has 0 nitrogen and oxygen atoms in total. The SMILES string of the molecule is C.CC.CC.CC.CC.[2HH]. The predicted molar refractivity (Wildman–Crippen MR) is 54.2 cm³/mol. The van der Waals surface area contributed by atoms with E-state index >= 15 is 0 Å². The van der Waals surface area contributed by atoms with Gasteiger partial charge in [-0.15, -0.1) is 0 Å². The van der Waals surface area contributed by atoms with E-state index in [0.29, 0.717) is 0 Å². The monoisotopic (exact) mass is 139 g/mol. The minimum absolute atomic E-state index is 0. The highest BCUT2D eigenvalue weighted by Gasteiger charge is 0.938. The Kier molecular flexibility index (Phi) is 0. The van der Waals surface area contributed by atoms with Crippen molar-refractivity contribution in [1.29, 1.82) is 0 Å². The maximum Gasteiger partial charge on any atom is 0 e. The first-order valence-electron chi connectivity index (χ1n) is 4.00. The van der Waals surface area contributed by atoms with E-state index in [4.69, 9.17) is 0 Å². The molecule has 0 aromatic carbocycles. The lowest BCUT2D eigenvalue weighted by Crippen LogP contribution is -0.856. The van der Waals surface area contributed by atoms with Crippen molar-refractivity contribution in [3.63, 3.8) is 0 Å². The van der Waals surface area contributed by atoms with Gasteiger partial charge in [0.15, 0.2) is 0 Å². The Bertz CT molecular complexity index is 4.69. The van der Waals surface area contributed by atoms with Crippen molar-refractivity contribution in [3.05, 3.63) is 0 Å². The molecular formula is C9H30. The summed E-state index contributed by atoms with van der Waals surface area (Å²) < 4.78 is 0. The van der Waals surface area contributed by atoms with Crippen LogP contribution in [0, 0.1) is 0 Å². The summed E-state index contributed by atoms with van der Waals surface area (Å²) >= 11 is 0. The van der Waals surface area contributed by atoms with Crippen molar-refractivity contribution >= 4 is 0 Å². The highest BCUT2D eigenvalue weighted by molar-refractivity contribution is 3.51. The molecule has 0 heteroatoms. The van der Waals surface area contributed by atoms with Crippen molar-refractivity contribution in [2.45, 2.75) is 62.8 Å². The third-order valence-corrected chi connectivity index (χ3v) is 0. The van der Waals surface area contributed by atoms with Gasteiger partial charge in [-0.3, -0.25) is 0 Å². The lowest BCUT2D eigenvalue weighted by atomic mass is 11.0. The number of hydrogen-bond acceptors (Lipinski definition) is 0. The van der Waals surface area contributed by atoms with Crippen LogP contribution in [-0.4, -0.2) is 0 Å². The Morgan fingerprint density at radius 1 is 0.444 bits per heavy atom. The maximum absolute atomic E-state index is 2.00. The summed E-state index contributed by atoms with van der Waals surface area (Å²) in [5.41, 5.74) is 0. The Hall–Kier alpha value is 0. The van der Waals surface area contributed by atoms with Crippen LogP contribution in [0.3, 0.4) is 0 Å².